The van der Waals surface area contributed by atoms with Gasteiger partial charge in [-0.1, -0.05) is 5.21 Å². The van der Waals surface area contributed by atoms with Crippen LogP contribution >= 0.6 is 0 Å². The van der Waals surface area contributed by atoms with Crippen molar-refractivity contribution in [1.29, 1.82) is 0 Å². The van der Waals surface area contributed by atoms with E-state index in [1.54, 1.807) is 6.20 Å². The fourth-order valence-electron chi connectivity index (χ4n) is 1.35. The van der Waals surface area contributed by atoms with Crippen molar-refractivity contribution in [3.8, 4) is 0 Å². The number of amides is 2. The minimum absolute atomic E-state index is 0.00972. The first-order chi connectivity index (χ1) is 8.80. The Labute approximate surface area is 111 Å². The van der Waals surface area contributed by atoms with E-state index >= 15 is 0 Å². The van der Waals surface area contributed by atoms with Gasteiger partial charge in [0.25, 0.3) is 0 Å². The van der Waals surface area contributed by atoms with Crippen molar-refractivity contribution in [1.82, 2.24) is 25.6 Å². The summed E-state index contributed by atoms with van der Waals surface area (Å²) >= 11 is 0. The van der Waals surface area contributed by atoms with Crippen LogP contribution in [0.3, 0.4) is 0 Å². The van der Waals surface area contributed by atoms with Crippen LogP contribution in [0.4, 0.5) is 0 Å². The second kappa shape index (κ2) is 6.28. The zero-order valence-electron chi connectivity index (χ0n) is 11.4. The van der Waals surface area contributed by atoms with Crippen LogP contribution in [0.1, 0.15) is 26.5 Å². The molecule has 0 saturated carbocycles. The molecule has 0 fully saturated rings. The Morgan fingerprint density at radius 2 is 2.05 bits per heavy atom. The average molecular weight is 268 g/mol. The molecule has 106 valence electrons. The van der Waals surface area contributed by atoms with E-state index in [9.17, 15) is 9.59 Å². The Hall–Kier alpha value is -1.96. The molecule has 0 spiro atoms. The van der Waals surface area contributed by atoms with Crippen LogP contribution in [-0.2, 0) is 22.7 Å². The van der Waals surface area contributed by atoms with Gasteiger partial charge in [-0.2, -0.15) is 0 Å². The SMILES string of the molecule is CC(C)(C)NC(=O)CNC(=O)Cn1cc(CN)nn1. The highest BCUT2D eigenvalue weighted by Crippen LogP contribution is 1.97. The number of hydrogen-bond donors (Lipinski definition) is 3. The Kier molecular flexibility index (Phi) is 4.99. The van der Waals surface area contributed by atoms with Gasteiger partial charge in [-0.15, -0.1) is 5.10 Å². The molecule has 0 aliphatic carbocycles. The second-order valence-electron chi connectivity index (χ2n) is 5.19. The van der Waals surface area contributed by atoms with Crippen LogP contribution < -0.4 is 16.4 Å². The lowest BCUT2D eigenvalue weighted by Crippen LogP contribution is -2.46. The highest BCUT2D eigenvalue weighted by Gasteiger charge is 2.14. The van der Waals surface area contributed by atoms with Crippen molar-refractivity contribution in [3.63, 3.8) is 0 Å². The van der Waals surface area contributed by atoms with Gasteiger partial charge >= 0.3 is 0 Å². The van der Waals surface area contributed by atoms with E-state index in [4.69, 9.17) is 5.73 Å². The van der Waals surface area contributed by atoms with Gasteiger partial charge in [-0.05, 0) is 20.8 Å². The summed E-state index contributed by atoms with van der Waals surface area (Å²) in [4.78, 5) is 23.1. The van der Waals surface area contributed by atoms with Crippen LogP contribution in [0.2, 0.25) is 0 Å². The molecule has 0 radical (unpaired) electrons. The molecule has 4 N–H and O–H groups in total. The van der Waals surface area contributed by atoms with Gasteiger partial charge in [0.15, 0.2) is 0 Å². The topological polar surface area (TPSA) is 115 Å². The number of aromatic nitrogens is 3. The van der Waals surface area contributed by atoms with Crippen molar-refractivity contribution in [2.75, 3.05) is 6.54 Å². The summed E-state index contributed by atoms with van der Waals surface area (Å²) in [6, 6.07) is 0. The molecule has 0 aliphatic heterocycles. The second-order valence-corrected chi connectivity index (χ2v) is 5.19. The lowest BCUT2D eigenvalue weighted by Gasteiger charge is -2.20. The maximum absolute atomic E-state index is 11.6. The zero-order valence-corrected chi connectivity index (χ0v) is 11.4. The molecule has 1 aromatic rings. The van der Waals surface area contributed by atoms with Crippen molar-refractivity contribution in [2.45, 2.75) is 39.4 Å². The third-order valence-corrected chi connectivity index (χ3v) is 2.06. The molecule has 0 aliphatic rings. The molecule has 2 amide bonds. The molecular weight excluding hydrogens is 248 g/mol. The number of nitrogens with two attached hydrogens (primary N) is 1. The highest BCUT2D eigenvalue weighted by molar-refractivity contribution is 5.84. The summed E-state index contributed by atoms with van der Waals surface area (Å²) in [6.45, 7) is 5.84. The standard InChI is InChI=1S/C11H20N6O2/c1-11(2,3)14-9(18)5-13-10(19)7-17-6-8(4-12)15-16-17/h6H,4-5,7,12H2,1-3H3,(H,13,19)(H,14,18). The van der Waals surface area contributed by atoms with E-state index in [0.29, 0.717) is 5.69 Å². The summed E-state index contributed by atoms with van der Waals surface area (Å²) in [5.41, 5.74) is 5.68. The third kappa shape index (κ3) is 5.96. The summed E-state index contributed by atoms with van der Waals surface area (Å²) in [6.07, 6.45) is 1.59. The number of nitrogens with one attached hydrogen (secondary N) is 2. The molecule has 1 heterocycles. The molecular formula is C11H20N6O2. The number of rotatable bonds is 5. The van der Waals surface area contributed by atoms with Gasteiger partial charge in [-0.25, -0.2) is 4.68 Å². The predicted octanol–water partition coefficient (Wildman–Crippen LogP) is -1.23. The third-order valence-electron chi connectivity index (χ3n) is 2.06. The Bertz CT molecular complexity index is 448. The van der Waals surface area contributed by atoms with E-state index in [2.05, 4.69) is 20.9 Å². The molecule has 0 saturated heterocycles. The Balaban J connectivity index is 2.34. The van der Waals surface area contributed by atoms with Crippen LogP contribution in [0.25, 0.3) is 0 Å². The summed E-state index contributed by atoms with van der Waals surface area (Å²) in [7, 11) is 0. The first kappa shape index (κ1) is 15.1. The van der Waals surface area contributed by atoms with Gasteiger partial charge < -0.3 is 16.4 Å². The summed E-state index contributed by atoms with van der Waals surface area (Å²) in [5.74, 6) is -0.542. The molecule has 1 aromatic heterocycles. The molecule has 0 aromatic carbocycles. The van der Waals surface area contributed by atoms with Crippen molar-refractivity contribution in [3.05, 3.63) is 11.9 Å². The van der Waals surface area contributed by atoms with Crippen LogP contribution in [0.15, 0.2) is 6.20 Å². The fraction of sp³-hybridized carbons (Fsp3) is 0.636. The highest BCUT2D eigenvalue weighted by atomic mass is 16.2. The first-order valence-corrected chi connectivity index (χ1v) is 5.97. The van der Waals surface area contributed by atoms with Crippen LogP contribution in [-0.4, -0.2) is 38.9 Å². The van der Waals surface area contributed by atoms with Crippen LogP contribution in [0.5, 0.6) is 0 Å². The normalized spacial score (nSPS) is 11.2. The van der Waals surface area contributed by atoms with Gasteiger partial charge in [-0.3, -0.25) is 9.59 Å². The van der Waals surface area contributed by atoms with Gasteiger partial charge in [0, 0.05) is 12.1 Å². The van der Waals surface area contributed by atoms with Gasteiger partial charge in [0.2, 0.25) is 11.8 Å². The van der Waals surface area contributed by atoms with E-state index in [0.717, 1.165) is 0 Å². The maximum atomic E-state index is 11.6. The van der Waals surface area contributed by atoms with Crippen molar-refractivity contribution in [2.24, 2.45) is 5.73 Å². The minimum Gasteiger partial charge on any atom is -0.350 e. The molecule has 0 atom stereocenters. The van der Waals surface area contributed by atoms with Crippen molar-refractivity contribution >= 4 is 11.8 Å². The Morgan fingerprint density at radius 1 is 1.37 bits per heavy atom. The molecule has 8 nitrogen and oxygen atoms in total. The molecule has 8 heteroatoms. The minimum atomic E-state index is -0.316. The average Bonchev–Trinajstić information content (AvgIpc) is 2.72. The summed E-state index contributed by atoms with van der Waals surface area (Å²) < 4.78 is 1.37. The number of carbonyl (C=O) groups excluding carboxylic acids is 2. The first-order valence-electron chi connectivity index (χ1n) is 5.97. The Morgan fingerprint density at radius 3 is 2.58 bits per heavy atom. The van der Waals surface area contributed by atoms with Gasteiger partial charge in [0.1, 0.15) is 6.54 Å². The molecule has 1 rings (SSSR count). The van der Waals surface area contributed by atoms with Crippen molar-refractivity contribution < 1.29 is 9.59 Å². The van der Waals surface area contributed by atoms with Gasteiger partial charge in [0.05, 0.1) is 18.4 Å². The van der Waals surface area contributed by atoms with E-state index in [-0.39, 0.29) is 37.0 Å². The largest absolute Gasteiger partial charge is 0.350 e. The molecule has 0 bridgehead atoms. The monoisotopic (exact) mass is 268 g/mol. The van der Waals surface area contributed by atoms with Crippen LogP contribution in [0, 0.1) is 0 Å². The maximum Gasteiger partial charge on any atom is 0.242 e. The lowest BCUT2D eigenvalue weighted by atomic mass is 10.1. The molecule has 0 unspecified atom stereocenters. The smallest absolute Gasteiger partial charge is 0.242 e. The number of nitrogens with zero attached hydrogens (tertiary/aromatic N) is 3. The number of hydrogen-bond acceptors (Lipinski definition) is 5. The van der Waals surface area contributed by atoms with E-state index in [1.807, 2.05) is 20.8 Å². The zero-order chi connectivity index (χ0) is 14.5. The fourth-order valence-corrected chi connectivity index (χ4v) is 1.35. The van der Waals surface area contributed by atoms with E-state index < -0.39 is 0 Å². The number of carbonyl (C=O) groups is 2. The lowest BCUT2D eigenvalue weighted by molar-refractivity contribution is -0.127. The predicted molar refractivity (Wildman–Crippen MR) is 68.8 cm³/mol. The molecule has 19 heavy (non-hydrogen) atoms. The van der Waals surface area contributed by atoms with E-state index in [1.165, 1.54) is 4.68 Å². The quantitative estimate of drug-likeness (QED) is 0.618. The summed E-state index contributed by atoms with van der Waals surface area (Å²) in [5, 5.41) is 12.8.